The zero-order chi connectivity index (χ0) is 45.0. The van der Waals surface area contributed by atoms with Gasteiger partial charge in [0.15, 0.2) is 0 Å². The van der Waals surface area contributed by atoms with Crippen LogP contribution < -0.4 is 51.4 Å². The Morgan fingerprint density at radius 3 is 0.157 bits per heavy atom. The Morgan fingerprint density at radius 1 is 0.157 bits per heavy atom. The molecule has 0 rings (SSSR count). The van der Waals surface area contributed by atoms with Crippen molar-refractivity contribution in [3.8, 4) is 0 Å². The van der Waals surface area contributed by atoms with Gasteiger partial charge >= 0.3 is 130 Å². The smallest absolute Gasteiger partial charge is 1.00 e. The van der Waals surface area contributed by atoms with Crippen LogP contribution in [-0.2, 0) is 45.7 Å². The van der Waals surface area contributed by atoms with E-state index in [1.165, 1.54) is 0 Å². The molecule has 0 aliphatic carbocycles. The van der Waals surface area contributed by atoms with Gasteiger partial charge in [0.05, 0.1) is 0 Å². The molecule has 0 aromatic heterocycles. The fraction of sp³-hybridized carbons (Fsp3) is 0. The zero-order valence-electron chi connectivity index (χ0n) is 24.0. The van der Waals surface area contributed by atoms with Crippen molar-refractivity contribution in [3.05, 3.63) is 0 Å². The van der Waals surface area contributed by atoms with Gasteiger partial charge in [0, 0.05) is 0 Å². The second-order valence-corrected chi connectivity index (χ2v) is 15.4. The summed E-state index contributed by atoms with van der Waals surface area (Å²) in [7, 11) is -46.4. The Morgan fingerprint density at radius 2 is 0.157 bits per heavy atom. The second kappa shape index (κ2) is 35.9. The van der Waals surface area contributed by atoms with Gasteiger partial charge in [-0.2, -0.15) is 0 Å². The summed E-state index contributed by atoms with van der Waals surface area (Å²) < 4.78 is 88.8. The van der Waals surface area contributed by atoms with Crippen LogP contribution in [0.5, 0.6) is 0 Å². The number of hydrogen-bond acceptors (Lipinski definition) is 10. The molecule has 0 aromatic carbocycles. The summed E-state index contributed by atoms with van der Waals surface area (Å²) in [6.07, 6.45) is 0. The molecule has 0 amide bonds. The molecule has 322 valence electrons. The molecule has 0 saturated heterocycles. The quantitative estimate of drug-likeness (QED) is 0.0791. The van der Waals surface area contributed by atoms with Crippen LogP contribution in [-0.4, -0.2) is 147 Å². The summed E-state index contributed by atoms with van der Waals surface area (Å²) in [6, 6.07) is 0. The molecule has 0 saturated carbocycles. The van der Waals surface area contributed by atoms with Crippen molar-refractivity contribution in [2.45, 2.75) is 0 Å². The Bertz CT molecular complexity index is 844. The number of hydrogen-bond donors (Lipinski definition) is 30. The van der Waals surface area contributed by atoms with Crippen LogP contribution in [0.3, 0.4) is 0 Å². The minimum atomic E-state index is -4.64. The maximum Gasteiger partial charge on any atom is 1.00 e. The van der Waals surface area contributed by atoms with Gasteiger partial charge in [-0.25, -0.2) is 45.7 Å². The van der Waals surface area contributed by atoms with E-state index in [1.807, 2.05) is 0 Å². The van der Waals surface area contributed by atoms with E-state index in [2.05, 4.69) is 0 Å². The summed E-state index contributed by atoms with van der Waals surface area (Å²) in [4.78, 5) is 216. The molecule has 0 bridgehead atoms. The van der Waals surface area contributed by atoms with Gasteiger partial charge in [-0.05, 0) is 0 Å². The summed E-state index contributed by atoms with van der Waals surface area (Å²) >= 11 is 0. The average Bonchev–Trinajstić information content (AvgIpc) is 2.34. The Kier molecular flexibility index (Phi) is 57.5. The van der Waals surface area contributed by atoms with Gasteiger partial charge in [0.25, 0.3) is 0 Å². The summed E-state index contributed by atoms with van der Waals surface area (Å²) in [6.45, 7) is 0. The molecule has 0 heterocycles. The normalized spacial score (nSPS) is 11.6. The van der Waals surface area contributed by atoms with E-state index in [1.54, 1.807) is 0 Å². The van der Waals surface area contributed by atoms with E-state index >= 15 is 0 Å². The Balaban J connectivity index is -0.0000000340. The SMILES string of the molecule is O=P(O)(O)O.O=P(O)(O)O.O=P(O)(O)O.O=P(O)(O)O.O=P(O)(O)O.O=P(O)(O)O.O=P(O)(O)O.O=P(O)(O)O.O=P(O)(O)O.O=P(O)(O)O.[H-].[K+]. The van der Waals surface area contributed by atoms with Gasteiger partial charge in [-0.3, -0.25) is 0 Å². The molecule has 30 N–H and O–H groups in total. The third-order valence-electron chi connectivity index (χ3n) is 0. The fourth-order valence-corrected chi connectivity index (χ4v) is 0. The molecule has 51 heteroatoms. The van der Waals surface area contributed by atoms with Gasteiger partial charge in [-0.15, -0.1) is 0 Å². The Labute approximate surface area is 321 Å². The molecule has 0 spiro atoms. The van der Waals surface area contributed by atoms with Crippen molar-refractivity contribution >= 4 is 78.2 Å². The third kappa shape index (κ3) is 18100. The largest absolute Gasteiger partial charge is 1.00 e. The number of rotatable bonds is 0. The zero-order valence-corrected chi connectivity index (χ0v) is 35.0. The molecule has 51 heavy (non-hydrogen) atoms. The van der Waals surface area contributed by atoms with Crippen molar-refractivity contribution in [1.29, 1.82) is 0 Å². The predicted octanol–water partition coefficient (Wildman–Crippen LogP) is -12.2. The summed E-state index contributed by atoms with van der Waals surface area (Å²) in [5.74, 6) is 0. The first-order chi connectivity index (χ1) is 20.0. The first-order valence-corrected chi connectivity index (χ1v) is 23.5. The van der Waals surface area contributed by atoms with Crippen LogP contribution in [0, 0.1) is 0 Å². The van der Waals surface area contributed by atoms with Crippen molar-refractivity contribution in [2.24, 2.45) is 0 Å². The van der Waals surface area contributed by atoms with Crippen LogP contribution in [0.4, 0.5) is 0 Å². The van der Waals surface area contributed by atoms with E-state index in [9.17, 15) is 0 Å². The predicted molar refractivity (Wildman–Crippen MR) is 144 cm³/mol. The third-order valence-corrected chi connectivity index (χ3v) is 0. The monoisotopic (exact) mass is 1020 g/mol. The van der Waals surface area contributed by atoms with Crippen molar-refractivity contribution in [2.75, 3.05) is 0 Å². The van der Waals surface area contributed by atoms with Crippen LogP contribution in [0.1, 0.15) is 1.43 Å². The fourth-order valence-electron chi connectivity index (χ4n) is 0. The van der Waals surface area contributed by atoms with E-state index in [4.69, 9.17) is 192 Å². The first-order valence-electron chi connectivity index (χ1n) is 7.83. The average molecular weight is 1020 g/mol. The van der Waals surface area contributed by atoms with Gasteiger partial charge in [0.1, 0.15) is 0 Å². The molecule has 0 aromatic rings. The maximum absolute atomic E-state index is 8.88. The van der Waals surface area contributed by atoms with E-state index in [0.717, 1.165) is 0 Å². The van der Waals surface area contributed by atoms with Crippen molar-refractivity contribution < 1.29 is 245 Å². The molecule has 0 atom stereocenters. The van der Waals surface area contributed by atoms with Crippen LogP contribution in [0.2, 0.25) is 0 Å². The topological polar surface area (TPSA) is 778 Å². The minimum absolute atomic E-state index is 0. The minimum Gasteiger partial charge on any atom is -1.00 e. The first kappa shape index (κ1) is 81.8. The summed E-state index contributed by atoms with van der Waals surface area (Å²) in [5.41, 5.74) is 0. The van der Waals surface area contributed by atoms with Crippen molar-refractivity contribution in [1.82, 2.24) is 0 Å². The van der Waals surface area contributed by atoms with Gasteiger partial charge < -0.3 is 148 Å². The van der Waals surface area contributed by atoms with Crippen LogP contribution in [0.15, 0.2) is 0 Å². The summed E-state index contributed by atoms with van der Waals surface area (Å²) in [5, 5.41) is 0. The molecule has 0 unspecified atom stereocenters. The maximum atomic E-state index is 8.88. The van der Waals surface area contributed by atoms with Crippen LogP contribution >= 0.6 is 78.2 Å². The Hall–Kier alpha value is 2.74. The van der Waals surface area contributed by atoms with Crippen molar-refractivity contribution in [3.63, 3.8) is 0 Å². The molecular weight excluding hydrogens is 989 g/mol. The standard InChI is InChI=1S/K.10H3O4P.H/c;10*1-5(2,3)4;/h;10*(H3,1,2,3,4);/q+1;;;;;;;;;;;-1. The molecule has 0 radical (unpaired) electrons. The van der Waals surface area contributed by atoms with E-state index in [0.29, 0.717) is 0 Å². The molecule has 40 nitrogen and oxygen atoms in total. The molecular formula is H31KO40P10. The molecule has 0 aliphatic rings. The molecule has 0 fully saturated rings. The molecule has 0 aliphatic heterocycles. The van der Waals surface area contributed by atoms with E-state index < -0.39 is 78.2 Å². The second-order valence-electron chi connectivity index (χ2n) is 5.13. The van der Waals surface area contributed by atoms with E-state index in [-0.39, 0.29) is 52.8 Å². The van der Waals surface area contributed by atoms with Crippen LogP contribution in [0.25, 0.3) is 0 Å². The van der Waals surface area contributed by atoms with Gasteiger partial charge in [-0.1, -0.05) is 0 Å². The number of phosphoric acid groups is 10. The van der Waals surface area contributed by atoms with Gasteiger partial charge in [0.2, 0.25) is 0 Å².